The molecule has 0 spiro atoms. The number of likely N-dealkylation sites (tertiary alicyclic amines) is 1. The first-order chi connectivity index (χ1) is 10.7. The number of nitrogens with zero attached hydrogens (tertiary/aromatic N) is 2. The molecular formula is C18H30N4. The quantitative estimate of drug-likeness (QED) is 0.648. The van der Waals surface area contributed by atoms with Gasteiger partial charge in [-0.05, 0) is 37.8 Å². The molecule has 1 aliphatic heterocycles. The summed E-state index contributed by atoms with van der Waals surface area (Å²) in [6, 6.07) is 11.0. The first-order valence-corrected chi connectivity index (χ1v) is 8.41. The Hall–Kier alpha value is -1.55. The van der Waals surface area contributed by atoms with E-state index in [1.807, 2.05) is 13.1 Å². The fourth-order valence-corrected chi connectivity index (χ4v) is 3.00. The van der Waals surface area contributed by atoms with Crippen molar-refractivity contribution in [2.45, 2.75) is 39.3 Å². The van der Waals surface area contributed by atoms with Gasteiger partial charge >= 0.3 is 0 Å². The minimum absolute atomic E-state index is 0.540. The summed E-state index contributed by atoms with van der Waals surface area (Å²) in [4.78, 5) is 6.90. The molecule has 2 rings (SSSR count). The van der Waals surface area contributed by atoms with E-state index >= 15 is 0 Å². The Morgan fingerprint density at radius 2 is 2.09 bits per heavy atom. The van der Waals surface area contributed by atoms with E-state index in [9.17, 15) is 0 Å². The van der Waals surface area contributed by atoms with Gasteiger partial charge in [0.05, 0.1) is 0 Å². The number of aliphatic imine (C=N–C) groups is 1. The molecule has 0 radical (unpaired) electrons. The second-order valence-corrected chi connectivity index (χ2v) is 6.38. The summed E-state index contributed by atoms with van der Waals surface area (Å²) in [5.41, 5.74) is 1.27. The van der Waals surface area contributed by atoms with Crippen LogP contribution in [-0.4, -0.2) is 43.6 Å². The van der Waals surface area contributed by atoms with Crippen LogP contribution in [0, 0.1) is 5.92 Å². The predicted octanol–water partition coefficient (Wildman–Crippen LogP) is 2.47. The van der Waals surface area contributed by atoms with Crippen LogP contribution in [0.2, 0.25) is 0 Å². The molecule has 1 saturated heterocycles. The van der Waals surface area contributed by atoms with Crippen molar-refractivity contribution in [3.8, 4) is 0 Å². The fourth-order valence-electron chi connectivity index (χ4n) is 3.00. The normalized spacial score (nSPS) is 21.4. The molecule has 2 N–H and O–H groups in total. The highest BCUT2D eigenvalue weighted by atomic mass is 15.2. The minimum atomic E-state index is 0.540. The van der Waals surface area contributed by atoms with E-state index in [0.29, 0.717) is 6.04 Å². The predicted molar refractivity (Wildman–Crippen MR) is 94.1 cm³/mol. The van der Waals surface area contributed by atoms with Crippen LogP contribution in [0.5, 0.6) is 0 Å². The number of benzene rings is 1. The van der Waals surface area contributed by atoms with Gasteiger partial charge in [0, 0.05) is 32.7 Å². The van der Waals surface area contributed by atoms with Crippen molar-refractivity contribution in [1.29, 1.82) is 0 Å². The molecule has 0 amide bonds. The number of piperidine rings is 1. The summed E-state index contributed by atoms with van der Waals surface area (Å²) in [7, 11) is 1.83. The number of rotatable bonds is 5. The number of hydrogen-bond acceptors (Lipinski definition) is 2. The summed E-state index contributed by atoms with van der Waals surface area (Å²) in [6.45, 7) is 8.83. The van der Waals surface area contributed by atoms with Gasteiger partial charge in [0.15, 0.2) is 5.96 Å². The smallest absolute Gasteiger partial charge is 0.191 e. The first kappa shape index (κ1) is 16.8. The van der Waals surface area contributed by atoms with Crippen molar-refractivity contribution in [2.75, 3.05) is 26.7 Å². The molecule has 0 saturated carbocycles. The van der Waals surface area contributed by atoms with Gasteiger partial charge in [-0.3, -0.25) is 9.89 Å². The van der Waals surface area contributed by atoms with Gasteiger partial charge in [-0.25, -0.2) is 0 Å². The first-order valence-electron chi connectivity index (χ1n) is 8.41. The van der Waals surface area contributed by atoms with E-state index in [0.717, 1.165) is 25.0 Å². The Kier molecular flexibility index (Phi) is 6.72. The third-order valence-corrected chi connectivity index (χ3v) is 4.40. The Morgan fingerprint density at radius 3 is 2.77 bits per heavy atom. The molecule has 4 nitrogen and oxygen atoms in total. The van der Waals surface area contributed by atoms with E-state index in [1.165, 1.54) is 31.5 Å². The van der Waals surface area contributed by atoms with Crippen LogP contribution in [0.4, 0.5) is 0 Å². The SMILES string of the molecule is CN=C(NCc1ccccc1)NCC(C)N1CCCC(C)C1. The molecule has 2 unspecified atom stereocenters. The van der Waals surface area contributed by atoms with Crippen LogP contribution < -0.4 is 10.6 Å². The number of guanidine groups is 1. The number of hydrogen-bond donors (Lipinski definition) is 2. The van der Waals surface area contributed by atoms with Crippen LogP contribution in [0.1, 0.15) is 32.3 Å². The highest BCUT2D eigenvalue weighted by Gasteiger charge is 2.20. The summed E-state index contributed by atoms with van der Waals surface area (Å²) < 4.78 is 0. The largest absolute Gasteiger partial charge is 0.355 e. The summed E-state index contributed by atoms with van der Waals surface area (Å²) in [5, 5.41) is 6.82. The maximum absolute atomic E-state index is 4.31. The lowest BCUT2D eigenvalue weighted by Gasteiger charge is -2.35. The van der Waals surface area contributed by atoms with Crippen molar-refractivity contribution in [3.63, 3.8) is 0 Å². The Labute approximate surface area is 135 Å². The highest BCUT2D eigenvalue weighted by molar-refractivity contribution is 5.79. The van der Waals surface area contributed by atoms with Gasteiger partial charge in [-0.1, -0.05) is 37.3 Å². The lowest BCUT2D eigenvalue weighted by atomic mass is 9.99. The standard InChI is InChI=1S/C18H30N4/c1-15-8-7-11-22(14-15)16(2)12-20-18(19-3)21-13-17-9-5-4-6-10-17/h4-6,9-10,15-16H,7-8,11-14H2,1-3H3,(H2,19,20,21). The zero-order valence-corrected chi connectivity index (χ0v) is 14.2. The number of nitrogens with one attached hydrogen (secondary N) is 2. The van der Waals surface area contributed by atoms with Crippen molar-refractivity contribution >= 4 is 5.96 Å². The van der Waals surface area contributed by atoms with Gasteiger partial charge in [0.25, 0.3) is 0 Å². The Balaban J connectivity index is 1.73. The van der Waals surface area contributed by atoms with Crippen LogP contribution in [-0.2, 0) is 6.54 Å². The average molecular weight is 302 g/mol. The molecule has 2 atom stereocenters. The molecular weight excluding hydrogens is 272 g/mol. The average Bonchev–Trinajstić information content (AvgIpc) is 2.55. The van der Waals surface area contributed by atoms with Crippen LogP contribution in [0.3, 0.4) is 0 Å². The summed E-state index contributed by atoms with van der Waals surface area (Å²) in [5.74, 6) is 1.70. The summed E-state index contributed by atoms with van der Waals surface area (Å²) >= 11 is 0. The Bertz CT molecular complexity index is 457. The van der Waals surface area contributed by atoms with E-state index in [-0.39, 0.29) is 0 Å². The molecule has 22 heavy (non-hydrogen) atoms. The molecule has 1 fully saturated rings. The zero-order valence-electron chi connectivity index (χ0n) is 14.2. The molecule has 122 valence electrons. The zero-order chi connectivity index (χ0) is 15.8. The molecule has 4 heteroatoms. The van der Waals surface area contributed by atoms with Crippen LogP contribution >= 0.6 is 0 Å². The second-order valence-electron chi connectivity index (χ2n) is 6.38. The van der Waals surface area contributed by atoms with Crippen molar-refractivity contribution < 1.29 is 0 Å². The van der Waals surface area contributed by atoms with Crippen molar-refractivity contribution in [1.82, 2.24) is 15.5 Å². The molecule has 0 aliphatic carbocycles. The Morgan fingerprint density at radius 1 is 1.32 bits per heavy atom. The highest BCUT2D eigenvalue weighted by Crippen LogP contribution is 2.17. The van der Waals surface area contributed by atoms with E-state index in [4.69, 9.17) is 0 Å². The fraction of sp³-hybridized carbons (Fsp3) is 0.611. The van der Waals surface area contributed by atoms with E-state index in [1.54, 1.807) is 0 Å². The van der Waals surface area contributed by atoms with E-state index in [2.05, 4.69) is 58.6 Å². The maximum Gasteiger partial charge on any atom is 0.191 e. The van der Waals surface area contributed by atoms with Crippen LogP contribution in [0.25, 0.3) is 0 Å². The van der Waals surface area contributed by atoms with Crippen molar-refractivity contribution in [2.24, 2.45) is 10.9 Å². The molecule has 1 aromatic rings. The maximum atomic E-state index is 4.31. The van der Waals surface area contributed by atoms with Gasteiger partial charge in [-0.2, -0.15) is 0 Å². The minimum Gasteiger partial charge on any atom is -0.355 e. The second kappa shape index (κ2) is 8.79. The monoisotopic (exact) mass is 302 g/mol. The van der Waals surface area contributed by atoms with E-state index < -0.39 is 0 Å². The lowest BCUT2D eigenvalue weighted by molar-refractivity contribution is 0.139. The van der Waals surface area contributed by atoms with Gasteiger partial charge < -0.3 is 10.6 Å². The lowest BCUT2D eigenvalue weighted by Crippen LogP contribution is -2.48. The van der Waals surface area contributed by atoms with Crippen LogP contribution in [0.15, 0.2) is 35.3 Å². The summed E-state index contributed by atoms with van der Waals surface area (Å²) in [6.07, 6.45) is 2.70. The molecule has 1 aliphatic rings. The molecule has 1 aromatic carbocycles. The van der Waals surface area contributed by atoms with Gasteiger partial charge in [-0.15, -0.1) is 0 Å². The van der Waals surface area contributed by atoms with Gasteiger partial charge in [0.2, 0.25) is 0 Å². The molecule has 0 bridgehead atoms. The van der Waals surface area contributed by atoms with Crippen molar-refractivity contribution in [3.05, 3.63) is 35.9 Å². The molecule has 0 aromatic heterocycles. The topological polar surface area (TPSA) is 39.7 Å². The third kappa shape index (κ3) is 5.34. The molecule has 1 heterocycles. The van der Waals surface area contributed by atoms with Gasteiger partial charge in [0.1, 0.15) is 0 Å². The third-order valence-electron chi connectivity index (χ3n) is 4.40.